The summed E-state index contributed by atoms with van der Waals surface area (Å²) in [6.45, 7) is 4.32. The summed E-state index contributed by atoms with van der Waals surface area (Å²) in [5.74, 6) is 0. The fourth-order valence-corrected chi connectivity index (χ4v) is 3.92. The molecule has 104 valence electrons. The summed E-state index contributed by atoms with van der Waals surface area (Å²) in [6, 6.07) is 8.76. The molecule has 1 heterocycles. The first kappa shape index (κ1) is 13.1. The Hall–Kier alpha value is -0.860. The molecular weight excluding hydrogens is 232 g/mol. The molecule has 2 aliphatic rings. The minimum atomic E-state index is 0.650. The van der Waals surface area contributed by atoms with E-state index in [2.05, 4.69) is 29.2 Å². The van der Waals surface area contributed by atoms with Crippen LogP contribution in [0, 0.1) is 5.41 Å². The zero-order valence-electron chi connectivity index (χ0n) is 11.9. The van der Waals surface area contributed by atoms with Crippen LogP contribution in [-0.2, 0) is 13.1 Å². The van der Waals surface area contributed by atoms with Gasteiger partial charge in [0.15, 0.2) is 0 Å². The summed E-state index contributed by atoms with van der Waals surface area (Å²) in [6.07, 6.45) is 8.76. The number of likely N-dealkylation sites (tertiary alicyclic amines) is 1. The van der Waals surface area contributed by atoms with Crippen molar-refractivity contribution in [1.82, 2.24) is 4.90 Å². The van der Waals surface area contributed by atoms with Crippen LogP contribution in [-0.4, -0.2) is 18.0 Å². The Balaban J connectivity index is 1.56. The van der Waals surface area contributed by atoms with E-state index in [0.29, 0.717) is 6.54 Å². The number of hydrogen-bond donors (Lipinski definition) is 1. The summed E-state index contributed by atoms with van der Waals surface area (Å²) >= 11 is 0. The van der Waals surface area contributed by atoms with E-state index in [4.69, 9.17) is 5.73 Å². The quantitative estimate of drug-likeness (QED) is 0.901. The van der Waals surface area contributed by atoms with Gasteiger partial charge in [-0.1, -0.05) is 37.1 Å². The maximum Gasteiger partial charge on any atom is 0.0233 e. The van der Waals surface area contributed by atoms with Crippen molar-refractivity contribution >= 4 is 0 Å². The van der Waals surface area contributed by atoms with E-state index >= 15 is 0 Å². The third-order valence-electron chi connectivity index (χ3n) is 5.21. The van der Waals surface area contributed by atoms with Gasteiger partial charge in [0, 0.05) is 13.1 Å². The lowest BCUT2D eigenvalue weighted by Gasteiger charge is -2.39. The van der Waals surface area contributed by atoms with Crippen LogP contribution >= 0.6 is 0 Å². The molecule has 0 atom stereocenters. The second-order valence-corrected chi connectivity index (χ2v) is 6.51. The number of benzene rings is 1. The van der Waals surface area contributed by atoms with Gasteiger partial charge in [-0.25, -0.2) is 0 Å². The average Bonchev–Trinajstić information content (AvgIpc) is 2.90. The molecule has 19 heavy (non-hydrogen) atoms. The van der Waals surface area contributed by atoms with Crippen molar-refractivity contribution in [2.45, 2.75) is 51.6 Å². The second kappa shape index (κ2) is 5.64. The van der Waals surface area contributed by atoms with E-state index in [0.717, 1.165) is 12.0 Å². The van der Waals surface area contributed by atoms with Crippen LogP contribution in [0.3, 0.4) is 0 Å². The summed E-state index contributed by atoms with van der Waals surface area (Å²) in [5, 5.41) is 0. The van der Waals surface area contributed by atoms with Crippen molar-refractivity contribution < 1.29 is 0 Å². The average molecular weight is 258 g/mol. The van der Waals surface area contributed by atoms with Crippen molar-refractivity contribution in [1.29, 1.82) is 0 Å². The van der Waals surface area contributed by atoms with Gasteiger partial charge in [0.25, 0.3) is 0 Å². The highest BCUT2D eigenvalue weighted by atomic mass is 15.1. The third-order valence-corrected chi connectivity index (χ3v) is 5.21. The molecule has 1 aromatic rings. The Morgan fingerprint density at radius 1 is 1.00 bits per heavy atom. The molecule has 1 aliphatic carbocycles. The molecule has 1 aromatic carbocycles. The Morgan fingerprint density at radius 2 is 1.68 bits per heavy atom. The minimum Gasteiger partial charge on any atom is -0.326 e. The van der Waals surface area contributed by atoms with Gasteiger partial charge in [-0.05, 0) is 55.3 Å². The Kier molecular flexibility index (Phi) is 3.90. The fourth-order valence-electron chi connectivity index (χ4n) is 3.92. The fraction of sp³-hybridized carbons (Fsp3) is 0.647. The van der Waals surface area contributed by atoms with Crippen LogP contribution < -0.4 is 5.73 Å². The molecule has 3 rings (SSSR count). The highest BCUT2D eigenvalue weighted by molar-refractivity contribution is 5.23. The van der Waals surface area contributed by atoms with E-state index in [-0.39, 0.29) is 0 Å². The highest BCUT2D eigenvalue weighted by Gasteiger charge is 2.36. The van der Waals surface area contributed by atoms with Gasteiger partial charge >= 0.3 is 0 Å². The number of nitrogens with zero attached hydrogens (tertiary/aromatic N) is 1. The van der Waals surface area contributed by atoms with Crippen LogP contribution in [0.1, 0.15) is 49.7 Å². The van der Waals surface area contributed by atoms with Gasteiger partial charge in [0.1, 0.15) is 0 Å². The first-order chi connectivity index (χ1) is 9.30. The smallest absolute Gasteiger partial charge is 0.0233 e. The monoisotopic (exact) mass is 258 g/mol. The normalized spacial score (nSPS) is 23.0. The van der Waals surface area contributed by atoms with E-state index < -0.39 is 0 Å². The van der Waals surface area contributed by atoms with Crippen molar-refractivity contribution in [3.05, 3.63) is 35.4 Å². The first-order valence-corrected chi connectivity index (χ1v) is 7.80. The number of nitrogens with two attached hydrogens (primary N) is 1. The van der Waals surface area contributed by atoms with Crippen LogP contribution in [0.15, 0.2) is 24.3 Å². The molecule has 0 unspecified atom stereocenters. The van der Waals surface area contributed by atoms with Gasteiger partial charge in [-0.3, -0.25) is 4.90 Å². The van der Waals surface area contributed by atoms with Gasteiger partial charge in [0.05, 0.1) is 0 Å². The zero-order valence-corrected chi connectivity index (χ0v) is 11.9. The summed E-state index contributed by atoms with van der Waals surface area (Å²) in [4.78, 5) is 2.62. The van der Waals surface area contributed by atoms with Crippen molar-refractivity contribution in [3.8, 4) is 0 Å². The van der Waals surface area contributed by atoms with Gasteiger partial charge in [-0.15, -0.1) is 0 Å². The molecule has 1 spiro atoms. The summed E-state index contributed by atoms with van der Waals surface area (Å²) in [5.41, 5.74) is 9.12. The van der Waals surface area contributed by atoms with Crippen LogP contribution in [0.5, 0.6) is 0 Å². The lowest BCUT2D eigenvalue weighted by Crippen LogP contribution is -2.38. The molecule has 2 N–H and O–H groups in total. The maximum atomic E-state index is 5.72. The molecule has 0 amide bonds. The highest BCUT2D eigenvalue weighted by Crippen LogP contribution is 2.46. The number of rotatable bonds is 3. The maximum absolute atomic E-state index is 5.72. The van der Waals surface area contributed by atoms with Crippen LogP contribution in [0.25, 0.3) is 0 Å². The molecule has 1 saturated heterocycles. The number of hydrogen-bond acceptors (Lipinski definition) is 2. The zero-order chi connectivity index (χ0) is 13.1. The predicted molar refractivity (Wildman–Crippen MR) is 79.7 cm³/mol. The predicted octanol–water partition coefficient (Wildman–Crippen LogP) is 3.30. The lowest BCUT2D eigenvalue weighted by atomic mass is 9.77. The molecule has 2 fully saturated rings. The summed E-state index contributed by atoms with van der Waals surface area (Å²) < 4.78 is 0. The van der Waals surface area contributed by atoms with Crippen molar-refractivity contribution in [2.24, 2.45) is 11.1 Å². The Morgan fingerprint density at radius 3 is 2.37 bits per heavy atom. The minimum absolute atomic E-state index is 0.650. The van der Waals surface area contributed by atoms with E-state index in [9.17, 15) is 0 Å². The van der Waals surface area contributed by atoms with Crippen molar-refractivity contribution in [2.75, 3.05) is 13.1 Å². The first-order valence-electron chi connectivity index (χ1n) is 7.80. The van der Waals surface area contributed by atoms with E-state index in [1.54, 1.807) is 0 Å². The number of piperidine rings is 1. The summed E-state index contributed by atoms with van der Waals surface area (Å²) in [7, 11) is 0. The lowest BCUT2D eigenvalue weighted by molar-refractivity contribution is 0.103. The SMILES string of the molecule is NCc1cccc(CN2CCC3(CCCC3)CC2)c1. The molecule has 2 heteroatoms. The van der Waals surface area contributed by atoms with Crippen molar-refractivity contribution in [3.63, 3.8) is 0 Å². The molecule has 0 aromatic heterocycles. The molecule has 1 aliphatic heterocycles. The molecule has 0 bridgehead atoms. The van der Waals surface area contributed by atoms with E-state index in [1.807, 2.05) is 0 Å². The van der Waals surface area contributed by atoms with Crippen LogP contribution in [0.4, 0.5) is 0 Å². The van der Waals surface area contributed by atoms with Gasteiger partial charge < -0.3 is 5.73 Å². The molecule has 1 saturated carbocycles. The standard InChI is InChI=1S/C17H26N2/c18-13-15-4-3-5-16(12-15)14-19-10-8-17(9-11-19)6-1-2-7-17/h3-5,12H,1-2,6-11,13-14,18H2. The van der Waals surface area contributed by atoms with Gasteiger partial charge in [0.2, 0.25) is 0 Å². The second-order valence-electron chi connectivity index (χ2n) is 6.51. The largest absolute Gasteiger partial charge is 0.326 e. The van der Waals surface area contributed by atoms with E-state index in [1.165, 1.54) is 62.7 Å². The molecule has 0 radical (unpaired) electrons. The topological polar surface area (TPSA) is 29.3 Å². The Bertz CT molecular complexity index is 411. The molecule has 2 nitrogen and oxygen atoms in total. The van der Waals surface area contributed by atoms with Crippen LogP contribution in [0.2, 0.25) is 0 Å². The van der Waals surface area contributed by atoms with Gasteiger partial charge in [-0.2, -0.15) is 0 Å². The Labute approximate surface area is 117 Å². The third kappa shape index (κ3) is 3.01. The molecular formula is C17H26N2.